The van der Waals surface area contributed by atoms with E-state index in [2.05, 4.69) is 102 Å². The van der Waals surface area contributed by atoms with Crippen molar-refractivity contribution in [2.75, 3.05) is 70.9 Å². The van der Waals surface area contributed by atoms with E-state index < -0.39 is 11.7 Å². The molecule has 2 aromatic heterocycles. The maximum absolute atomic E-state index is 12.4. The van der Waals surface area contributed by atoms with E-state index in [1.807, 2.05) is 57.2 Å². The maximum Gasteiger partial charge on any atom is 0.410 e. The van der Waals surface area contributed by atoms with Gasteiger partial charge in [-0.25, -0.2) is 9.59 Å². The summed E-state index contributed by atoms with van der Waals surface area (Å²) in [4.78, 5) is 34.9. The Balaban J connectivity index is 0.000000206. The number of H-pyrrole nitrogens is 2. The second-order valence-corrected chi connectivity index (χ2v) is 20.5. The Morgan fingerprint density at radius 3 is 1.56 bits per heavy atom. The number of carbonyl (C=O) groups excluding carboxylic acids is 1. The van der Waals surface area contributed by atoms with E-state index in [0.29, 0.717) is 59.3 Å². The molecule has 5 N–H and O–H groups in total. The lowest BCUT2D eigenvalue weighted by molar-refractivity contribution is 0.0210. The zero-order valence-corrected chi connectivity index (χ0v) is 42.4. The minimum absolute atomic E-state index is 0.0502. The molecular weight excluding hydrogens is 885 g/mol. The minimum Gasteiger partial charge on any atom is -0.465 e. The van der Waals surface area contributed by atoms with Crippen LogP contribution in [0.2, 0.25) is 0 Å². The monoisotopic (exact) mass is 959 g/mol. The van der Waals surface area contributed by atoms with E-state index >= 15 is 0 Å². The van der Waals surface area contributed by atoms with Crippen LogP contribution >= 0.6 is 0 Å². The average Bonchev–Trinajstić information content (AvgIpc) is 3.98. The van der Waals surface area contributed by atoms with Crippen molar-refractivity contribution in [3.05, 3.63) is 108 Å². The van der Waals surface area contributed by atoms with Crippen molar-refractivity contribution in [2.24, 2.45) is 5.41 Å². The molecule has 14 heteroatoms. The Bertz CT molecular complexity index is 2610. The van der Waals surface area contributed by atoms with Crippen molar-refractivity contribution in [1.29, 1.82) is 0 Å². The number of piperidine rings is 2. The van der Waals surface area contributed by atoms with Crippen molar-refractivity contribution >= 4 is 45.4 Å². The summed E-state index contributed by atoms with van der Waals surface area (Å²) in [5, 5.41) is 19.5. The van der Waals surface area contributed by atoms with Gasteiger partial charge in [0.25, 0.3) is 0 Å². The second-order valence-electron chi connectivity index (χ2n) is 20.5. The zero-order valence-electron chi connectivity index (χ0n) is 42.4. The number of fused-ring (bicyclic) bond motifs is 2. The number of amides is 2. The van der Waals surface area contributed by atoms with Crippen LogP contribution in [-0.4, -0.2) is 121 Å². The second kappa shape index (κ2) is 23.7. The molecule has 2 saturated heterocycles. The lowest BCUT2D eigenvalue weighted by Gasteiger charge is -2.45. The Labute approximate surface area is 413 Å². The summed E-state index contributed by atoms with van der Waals surface area (Å²) in [5.41, 5.74) is 10.2. The number of likely N-dealkylation sites (tertiary alicyclic amines) is 2. The molecule has 6 aromatic rings. The molecule has 14 nitrogen and oxygen atoms in total. The lowest BCUT2D eigenvalue weighted by Crippen LogP contribution is -2.54. The molecule has 2 unspecified atom stereocenters. The van der Waals surface area contributed by atoms with Crippen LogP contribution in [0.15, 0.2) is 97.1 Å². The van der Waals surface area contributed by atoms with E-state index in [4.69, 9.17) is 23.7 Å². The standard InChI is InChI=1S/2C28H37N3O4/c1-28(2,3)35-27(32)31-12-10-23(11-13-31)29-25-17-20(19-34-15-14-33-4)16-22-18-24(30-26(22)25)21-8-6-5-7-9-21;1-28(2,3)25-17-22(10-11-31(25)27(32)33)29-24-15-19(18-35-13-12-34-4)14-21-16-23(30-26(21)24)20-8-6-5-7-9-20/h5-9,16-18,23,29-30H,10-15,19H2,1-4H3;5-9,14-16,22,25,29-30H,10-13,17-18H2,1-4H3,(H,32,33). The molecule has 2 amide bonds. The van der Waals surface area contributed by atoms with Gasteiger partial charge in [0.05, 0.1) is 62.0 Å². The van der Waals surface area contributed by atoms with Gasteiger partial charge in [-0.2, -0.15) is 0 Å². The van der Waals surface area contributed by atoms with Crippen LogP contribution in [0.25, 0.3) is 44.3 Å². The molecule has 8 rings (SSSR count). The predicted molar refractivity (Wildman–Crippen MR) is 280 cm³/mol. The number of aromatic amines is 2. The maximum atomic E-state index is 12.4. The number of nitrogens with zero attached hydrogens (tertiary/aromatic N) is 2. The van der Waals surface area contributed by atoms with E-state index in [1.54, 1.807) is 24.0 Å². The van der Waals surface area contributed by atoms with Crippen molar-refractivity contribution < 1.29 is 38.4 Å². The molecule has 4 aromatic carbocycles. The SMILES string of the molecule is COCCOCc1cc(NC2CCN(C(=O)O)C(C(C)(C)C)C2)c2[nH]c(-c3ccccc3)cc2c1.COCCOCc1cc(NC2CCN(C(=O)OC(C)(C)C)CC2)c2[nH]c(-c3ccccc3)cc2c1. The van der Waals surface area contributed by atoms with Gasteiger partial charge in [-0.05, 0) is 111 Å². The summed E-state index contributed by atoms with van der Waals surface area (Å²) in [6.45, 7) is 17.2. The molecule has 0 bridgehead atoms. The van der Waals surface area contributed by atoms with Crippen LogP contribution in [0.4, 0.5) is 21.0 Å². The van der Waals surface area contributed by atoms with Crippen molar-refractivity contribution in [1.82, 2.24) is 19.8 Å². The summed E-state index contributed by atoms with van der Waals surface area (Å²) in [6, 6.07) is 34.1. The van der Waals surface area contributed by atoms with Crippen molar-refractivity contribution in [2.45, 2.75) is 104 Å². The van der Waals surface area contributed by atoms with E-state index in [1.165, 1.54) is 0 Å². The molecule has 2 atom stereocenters. The Kier molecular flexibility index (Phi) is 17.5. The molecular formula is C56H74N6O8. The highest BCUT2D eigenvalue weighted by Gasteiger charge is 2.39. The molecule has 2 aliphatic heterocycles. The highest BCUT2D eigenvalue weighted by Crippen LogP contribution is 2.37. The number of methoxy groups -OCH3 is 2. The van der Waals surface area contributed by atoms with Gasteiger partial charge in [0, 0.05) is 74.1 Å². The average molecular weight is 959 g/mol. The van der Waals surface area contributed by atoms with Crippen LogP contribution in [-0.2, 0) is 36.9 Å². The van der Waals surface area contributed by atoms with Crippen LogP contribution in [0.3, 0.4) is 0 Å². The van der Waals surface area contributed by atoms with Crippen LogP contribution in [0.5, 0.6) is 0 Å². The van der Waals surface area contributed by atoms with Gasteiger partial charge in [0.2, 0.25) is 0 Å². The Morgan fingerprint density at radius 1 is 0.643 bits per heavy atom. The summed E-state index contributed by atoms with van der Waals surface area (Å²) in [7, 11) is 3.35. The van der Waals surface area contributed by atoms with Gasteiger partial charge in [-0.1, -0.05) is 81.4 Å². The number of carboxylic acid groups (broad SMARTS) is 1. The smallest absolute Gasteiger partial charge is 0.410 e. The first kappa shape index (κ1) is 51.8. The fourth-order valence-corrected chi connectivity index (χ4v) is 9.34. The van der Waals surface area contributed by atoms with Gasteiger partial charge >= 0.3 is 12.2 Å². The molecule has 0 radical (unpaired) electrons. The summed E-state index contributed by atoms with van der Waals surface area (Å²) in [6.07, 6.45) is 2.19. The third-order valence-corrected chi connectivity index (χ3v) is 12.9. The van der Waals surface area contributed by atoms with Gasteiger partial charge in [-0.15, -0.1) is 0 Å². The van der Waals surface area contributed by atoms with E-state index in [0.717, 1.165) is 92.5 Å². The first-order chi connectivity index (χ1) is 33.6. The summed E-state index contributed by atoms with van der Waals surface area (Å²) in [5.74, 6) is 0. The molecule has 0 spiro atoms. The number of ether oxygens (including phenoxy) is 5. The fraction of sp³-hybridized carbons (Fsp3) is 0.464. The van der Waals surface area contributed by atoms with Gasteiger partial charge in [0.1, 0.15) is 5.60 Å². The van der Waals surface area contributed by atoms with Crippen molar-refractivity contribution in [3.8, 4) is 22.5 Å². The van der Waals surface area contributed by atoms with E-state index in [-0.39, 0.29) is 29.6 Å². The highest BCUT2D eigenvalue weighted by molar-refractivity contribution is 5.96. The molecule has 70 heavy (non-hydrogen) atoms. The number of carbonyl (C=O) groups is 2. The Hall–Kier alpha value is -6.06. The normalized spacial score (nSPS) is 16.8. The third-order valence-electron chi connectivity index (χ3n) is 12.9. The molecule has 4 heterocycles. The molecule has 0 saturated carbocycles. The molecule has 0 aliphatic carbocycles. The topological polar surface area (TPSA) is 163 Å². The number of hydrogen-bond donors (Lipinski definition) is 5. The number of aromatic nitrogens is 2. The largest absolute Gasteiger partial charge is 0.465 e. The van der Waals surface area contributed by atoms with Crippen LogP contribution < -0.4 is 10.6 Å². The molecule has 376 valence electrons. The predicted octanol–water partition coefficient (Wildman–Crippen LogP) is 11.8. The number of hydrogen-bond acceptors (Lipinski definition) is 9. The number of benzene rings is 4. The van der Waals surface area contributed by atoms with Crippen LogP contribution in [0, 0.1) is 5.41 Å². The Morgan fingerprint density at radius 2 is 1.11 bits per heavy atom. The van der Waals surface area contributed by atoms with Gasteiger partial charge < -0.3 is 59.2 Å². The van der Waals surface area contributed by atoms with E-state index in [9.17, 15) is 14.7 Å². The summed E-state index contributed by atoms with van der Waals surface area (Å²) >= 11 is 0. The number of rotatable bonds is 16. The minimum atomic E-state index is -0.835. The lowest BCUT2D eigenvalue weighted by atomic mass is 9.79. The van der Waals surface area contributed by atoms with Crippen LogP contribution in [0.1, 0.15) is 78.4 Å². The molecule has 2 aliphatic rings. The zero-order chi connectivity index (χ0) is 49.8. The number of anilines is 2. The quantitative estimate of drug-likeness (QED) is 0.0590. The first-order valence-electron chi connectivity index (χ1n) is 24.6. The van der Waals surface area contributed by atoms with Gasteiger partial charge in [0.15, 0.2) is 0 Å². The third kappa shape index (κ3) is 14.1. The number of nitrogens with one attached hydrogen (secondary N) is 4. The highest BCUT2D eigenvalue weighted by atomic mass is 16.6. The fourth-order valence-electron chi connectivity index (χ4n) is 9.34. The van der Waals surface area contributed by atoms with Gasteiger partial charge in [-0.3, -0.25) is 0 Å². The first-order valence-corrected chi connectivity index (χ1v) is 24.6. The summed E-state index contributed by atoms with van der Waals surface area (Å²) < 4.78 is 27.4. The molecule has 2 fully saturated rings. The van der Waals surface area contributed by atoms with Crippen molar-refractivity contribution in [3.63, 3.8) is 0 Å².